The van der Waals surface area contributed by atoms with Gasteiger partial charge in [-0.1, -0.05) is 189 Å². The van der Waals surface area contributed by atoms with Gasteiger partial charge in [-0.2, -0.15) is 0 Å². The van der Waals surface area contributed by atoms with Crippen LogP contribution in [0.2, 0.25) is 0 Å². The van der Waals surface area contributed by atoms with Crippen LogP contribution in [0, 0.1) is 0 Å². The first-order valence-corrected chi connectivity index (χ1v) is 17.4. The van der Waals surface area contributed by atoms with Crippen molar-refractivity contribution in [2.45, 2.75) is 26.2 Å². The lowest BCUT2D eigenvalue weighted by Gasteiger charge is -2.45. The fourth-order valence-corrected chi connectivity index (χ4v) is 8.11. The minimum Gasteiger partial charge on any atom is -0.313 e. The SMILES string of the molecule is CC(C)(C)c1cc2c3c(c1)B(c1ccccc1)c1ccc(-c4ccccc4)cc1N3c1ccccc1B2c1ccc(-c2ccccc2)cc1. The zero-order valence-corrected chi connectivity index (χ0v) is 28.3. The standard InChI is InChI=1S/C46H37B2N/c1-46(2,3)36-30-41-45-42(31-36)48(38-26-23-34(24-27-38)32-15-7-4-8-16-32)39-21-13-14-22-43(39)49(45)44-29-35(33-17-9-5-10-18-33)25-28-40(44)47(41)37-19-11-6-12-20-37/h4-31H,1-3H3. The maximum atomic E-state index is 2.59. The number of rotatable bonds is 4. The zero-order chi connectivity index (χ0) is 33.1. The molecular weight excluding hydrogens is 588 g/mol. The molecule has 0 aromatic heterocycles. The normalized spacial score (nSPS) is 13.1. The van der Waals surface area contributed by atoms with E-state index < -0.39 is 0 Å². The fraction of sp³-hybridized carbons (Fsp3) is 0.0870. The predicted molar refractivity (Wildman–Crippen MR) is 213 cm³/mol. The third-order valence-corrected chi connectivity index (χ3v) is 10.5. The lowest BCUT2D eigenvalue weighted by molar-refractivity contribution is 0.591. The minimum absolute atomic E-state index is 0.0201. The van der Waals surface area contributed by atoms with Crippen molar-refractivity contribution in [1.82, 2.24) is 0 Å². The van der Waals surface area contributed by atoms with Gasteiger partial charge in [0.2, 0.25) is 13.4 Å². The van der Waals surface area contributed by atoms with Gasteiger partial charge in [-0.3, -0.25) is 0 Å². The Morgan fingerprint density at radius 2 is 0.857 bits per heavy atom. The largest absolute Gasteiger partial charge is 0.313 e. The molecule has 0 unspecified atom stereocenters. The molecule has 232 valence electrons. The van der Waals surface area contributed by atoms with Gasteiger partial charge in [0.25, 0.3) is 0 Å². The van der Waals surface area contributed by atoms with Crippen LogP contribution in [0.15, 0.2) is 170 Å². The Bertz CT molecular complexity index is 2310. The highest BCUT2D eigenvalue weighted by atomic mass is 15.2. The Morgan fingerprint density at radius 1 is 0.388 bits per heavy atom. The summed E-state index contributed by atoms with van der Waals surface area (Å²) in [5.41, 5.74) is 18.2. The van der Waals surface area contributed by atoms with Crippen molar-refractivity contribution in [2.24, 2.45) is 0 Å². The molecule has 49 heavy (non-hydrogen) atoms. The Balaban J connectivity index is 1.34. The molecular formula is C46H37B2N. The summed E-state index contributed by atoms with van der Waals surface area (Å²) in [7, 11) is 0. The van der Waals surface area contributed by atoms with Gasteiger partial charge in [0.05, 0.1) is 0 Å². The first-order chi connectivity index (χ1) is 24.0. The molecule has 7 aromatic carbocycles. The monoisotopic (exact) mass is 625 g/mol. The number of benzene rings is 7. The van der Waals surface area contributed by atoms with E-state index in [2.05, 4.69) is 196 Å². The van der Waals surface area contributed by atoms with E-state index in [1.54, 1.807) is 0 Å². The van der Waals surface area contributed by atoms with Gasteiger partial charge >= 0.3 is 0 Å². The molecule has 3 heteroatoms. The van der Waals surface area contributed by atoms with Gasteiger partial charge in [0.1, 0.15) is 0 Å². The van der Waals surface area contributed by atoms with E-state index in [0.717, 1.165) is 0 Å². The number of anilines is 3. The molecule has 0 amide bonds. The summed E-state index contributed by atoms with van der Waals surface area (Å²) < 4.78 is 0. The minimum atomic E-state index is -0.0201. The number of fused-ring (bicyclic) bond motifs is 4. The van der Waals surface area contributed by atoms with E-state index >= 15 is 0 Å². The maximum absolute atomic E-state index is 2.59. The van der Waals surface area contributed by atoms with Crippen LogP contribution in [0.4, 0.5) is 17.1 Å². The quantitative estimate of drug-likeness (QED) is 0.184. The highest BCUT2D eigenvalue weighted by Gasteiger charge is 2.44. The molecule has 0 N–H and O–H groups in total. The van der Waals surface area contributed by atoms with E-state index in [4.69, 9.17) is 0 Å². The van der Waals surface area contributed by atoms with Gasteiger partial charge in [0.15, 0.2) is 0 Å². The summed E-state index contributed by atoms with van der Waals surface area (Å²) in [5, 5.41) is 0. The molecule has 2 aliphatic heterocycles. The van der Waals surface area contributed by atoms with Crippen molar-refractivity contribution >= 4 is 63.3 Å². The number of hydrogen-bond donors (Lipinski definition) is 0. The number of hydrogen-bond acceptors (Lipinski definition) is 1. The highest BCUT2D eigenvalue weighted by Crippen LogP contribution is 2.40. The summed E-state index contributed by atoms with van der Waals surface area (Å²) in [5.74, 6) is 0. The second kappa shape index (κ2) is 11.6. The second-order valence-electron chi connectivity index (χ2n) is 14.6. The van der Waals surface area contributed by atoms with Crippen molar-refractivity contribution in [2.75, 3.05) is 4.90 Å². The van der Waals surface area contributed by atoms with E-state index in [1.807, 2.05) is 0 Å². The molecule has 7 aromatic rings. The first-order valence-electron chi connectivity index (χ1n) is 17.4. The third kappa shape index (κ3) is 4.96. The first kappa shape index (κ1) is 29.6. The Labute approximate surface area is 291 Å². The second-order valence-corrected chi connectivity index (χ2v) is 14.6. The summed E-state index contributed by atoms with van der Waals surface area (Å²) in [6.07, 6.45) is 0. The highest BCUT2D eigenvalue weighted by molar-refractivity contribution is 7.02. The lowest BCUT2D eigenvalue weighted by Crippen LogP contribution is -2.65. The average Bonchev–Trinajstić information content (AvgIpc) is 3.15. The lowest BCUT2D eigenvalue weighted by atomic mass is 9.30. The van der Waals surface area contributed by atoms with Gasteiger partial charge in [-0.15, -0.1) is 0 Å². The molecule has 0 aliphatic carbocycles. The smallest absolute Gasteiger partial charge is 0.246 e. The van der Waals surface area contributed by atoms with Crippen LogP contribution in [0.3, 0.4) is 0 Å². The molecule has 2 heterocycles. The van der Waals surface area contributed by atoms with Gasteiger partial charge in [-0.05, 0) is 67.2 Å². The molecule has 0 saturated heterocycles. The average molecular weight is 625 g/mol. The van der Waals surface area contributed by atoms with Crippen LogP contribution in [0.25, 0.3) is 22.3 Å². The van der Waals surface area contributed by atoms with Gasteiger partial charge < -0.3 is 4.90 Å². The zero-order valence-electron chi connectivity index (χ0n) is 28.3. The van der Waals surface area contributed by atoms with Gasteiger partial charge in [0, 0.05) is 17.1 Å². The molecule has 1 nitrogen and oxygen atoms in total. The summed E-state index contributed by atoms with van der Waals surface area (Å²) in [6.45, 7) is 7.25. The third-order valence-electron chi connectivity index (χ3n) is 10.5. The van der Waals surface area contributed by atoms with Crippen molar-refractivity contribution in [3.8, 4) is 22.3 Å². The maximum Gasteiger partial charge on any atom is 0.246 e. The van der Waals surface area contributed by atoms with Crippen LogP contribution in [0.1, 0.15) is 26.3 Å². The Morgan fingerprint density at radius 3 is 1.47 bits per heavy atom. The summed E-state index contributed by atoms with van der Waals surface area (Å²) >= 11 is 0. The Kier molecular flexibility index (Phi) is 6.99. The van der Waals surface area contributed by atoms with Crippen LogP contribution < -0.4 is 37.7 Å². The van der Waals surface area contributed by atoms with E-state index in [1.165, 1.54) is 77.7 Å². The summed E-state index contributed by atoms with van der Waals surface area (Å²) in [6, 6.07) is 63.2. The molecule has 2 aliphatic rings. The molecule has 0 fully saturated rings. The molecule has 0 saturated carbocycles. The van der Waals surface area contributed by atoms with Crippen LogP contribution in [-0.4, -0.2) is 13.4 Å². The van der Waals surface area contributed by atoms with Gasteiger partial charge in [-0.25, -0.2) is 0 Å². The van der Waals surface area contributed by atoms with Crippen LogP contribution in [-0.2, 0) is 5.41 Å². The van der Waals surface area contributed by atoms with Crippen molar-refractivity contribution in [3.63, 3.8) is 0 Å². The molecule has 9 rings (SSSR count). The number of para-hydroxylation sites is 1. The molecule has 0 spiro atoms. The molecule has 0 atom stereocenters. The number of nitrogens with zero attached hydrogens (tertiary/aromatic N) is 1. The van der Waals surface area contributed by atoms with Crippen LogP contribution >= 0.6 is 0 Å². The van der Waals surface area contributed by atoms with E-state index in [0.29, 0.717) is 0 Å². The van der Waals surface area contributed by atoms with Crippen molar-refractivity contribution in [3.05, 3.63) is 175 Å². The van der Waals surface area contributed by atoms with Crippen molar-refractivity contribution in [1.29, 1.82) is 0 Å². The Hall–Kier alpha value is -5.53. The molecule has 0 radical (unpaired) electrons. The predicted octanol–water partition coefficient (Wildman–Crippen LogP) is 7.45. The topological polar surface area (TPSA) is 3.24 Å². The molecule has 0 bridgehead atoms. The summed E-state index contributed by atoms with van der Waals surface area (Å²) in [4.78, 5) is 2.59. The van der Waals surface area contributed by atoms with Crippen molar-refractivity contribution < 1.29 is 0 Å². The van der Waals surface area contributed by atoms with E-state index in [9.17, 15) is 0 Å². The van der Waals surface area contributed by atoms with E-state index in [-0.39, 0.29) is 18.8 Å². The van der Waals surface area contributed by atoms with Crippen LogP contribution in [0.5, 0.6) is 0 Å². The fourth-order valence-electron chi connectivity index (χ4n) is 8.11.